The molecule has 1 heterocycles. The van der Waals surface area contributed by atoms with Crippen LogP contribution in [0.4, 0.5) is 0 Å². The average Bonchev–Trinajstić information content (AvgIpc) is 2.72. The van der Waals surface area contributed by atoms with Crippen LogP contribution in [0.25, 0.3) is 0 Å². The normalized spacial score (nSPS) is 25.2. The van der Waals surface area contributed by atoms with Crippen molar-refractivity contribution < 1.29 is 9.59 Å². The topological polar surface area (TPSA) is 37.4 Å². The van der Waals surface area contributed by atoms with Crippen molar-refractivity contribution in [1.82, 2.24) is 4.90 Å². The SMILES string of the molecule is CSC1(CN2CCC(=O)CC2=O)CCCC1. The van der Waals surface area contributed by atoms with Gasteiger partial charge in [0.15, 0.2) is 0 Å². The number of hydrogen-bond acceptors (Lipinski definition) is 3. The first-order valence-electron chi connectivity index (χ1n) is 6.00. The number of rotatable bonds is 3. The number of piperidine rings is 1. The molecule has 1 saturated heterocycles. The summed E-state index contributed by atoms with van der Waals surface area (Å²) in [6.45, 7) is 1.49. The van der Waals surface area contributed by atoms with Crippen molar-refractivity contribution in [3.63, 3.8) is 0 Å². The molecule has 0 bridgehead atoms. The van der Waals surface area contributed by atoms with Crippen LogP contribution < -0.4 is 0 Å². The lowest BCUT2D eigenvalue weighted by molar-refractivity contribution is -0.139. The van der Waals surface area contributed by atoms with E-state index in [0.717, 1.165) is 6.54 Å². The smallest absolute Gasteiger partial charge is 0.230 e. The van der Waals surface area contributed by atoms with E-state index < -0.39 is 0 Å². The van der Waals surface area contributed by atoms with Gasteiger partial charge < -0.3 is 4.90 Å². The number of Topliss-reactive ketones (excluding diaryl/α,β-unsaturated/α-hetero) is 1. The third-order valence-electron chi connectivity index (χ3n) is 3.79. The van der Waals surface area contributed by atoms with Crippen LogP contribution in [-0.4, -0.2) is 40.7 Å². The van der Waals surface area contributed by atoms with Crippen LogP contribution in [0.3, 0.4) is 0 Å². The lowest BCUT2D eigenvalue weighted by Gasteiger charge is -2.35. The Morgan fingerprint density at radius 2 is 2.00 bits per heavy atom. The second-order valence-electron chi connectivity index (χ2n) is 4.87. The molecule has 0 aromatic carbocycles. The van der Waals surface area contributed by atoms with Crippen molar-refractivity contribution in [3.8, 4) is 0 Å². The fraction of sp³-hybridized carbons (Fsp3) is 0.833. The Hall–Kier alpha value is -0.510. The maximum atomic E-state index is 11.7. The van der Waals surface area contributed by atoms with Gasteiger partial charge >= 0.3 is 0 Å². The minimum atomic E-state index is 0.0385. The number of amides is 1. The van der Waals surface area contributed by atoms with Gasteiger partial charge in [0.2, 0.25) is 5.91 Å². The van der Waals surface area contributed by atoms with Gasteiger partial charge in [0, 0.05) is 24.3 Å². The highest BCUT2D eigenvalue weighted by Gasteiger charge is 2.37. The van der Waals surface area contributed by atoms with E-state index in [4.69, 9.17) is 0 Å². The third-order valence-corrected chi connectivity index (χ3v) is 5.19. The maximum absolute atomic E-state index is 11.7. The molecule has 2 fully saturated rings. The zero-order chi connectivity index (χ0) is 11.6. The number of thioether (sulfide) groups is 1. The monoisotopic (exact) mass is 241 g/mol. The summed E-state index contributed by atoms with van der Waals surface area (Å²) >= 11 is 1.90. The summed E-state index contributed by atoms with van der Waals surface area (Å²) in [5, 5.41) is 0. The van der Waals surface area contributed by atoms with E-state index >= 15 is 0 Å². The fourth-order valence-corrected chi connectivity index (χ4v) is 3.70. The molecule has 0 atom stereocenters. The van der Waals surface area contributed by atoms with Crippen LogP contribution in [-0.2, 0) is 9.59 Å². The van der Waals surface area contributed by atoms with Crippen molar-refractivity contribution in [2.45, 2.75) is 43.3 Å². The molecule has 0 radical (unpaired) electrons. The van der Waals surface area contributed by atoms with Crippen molar-refractivity contribution in [3.05, 3.63) is 0 Å². The molecule has 2 rings (SSSR count). The third kappa shape index (κ3) is 2.42. The second-order valence-corrected chi connectivity index (χ2v) is 6.15. The molecule has 1 amide bonds. The van der Waals surface area contributed by atoms with E-state index in [2.05, 4.69) is 6.26 Å². The molecule has 0 aromatic heterocycles. The number of likely N-dealkylation sites (tertiary alicyclic amines) is 1. The van der Waals surface area contributed by atoms with E-state index in [1.165, 1.54) is 25.7 Å². The Kier molecular flexibility index (Phi) is 3.57. The predicted octanol–water partition coefficient (Wildman–Crippen LogP) is 1.85. The van der Waals surface area contributed by atoms with Gasteiger partial charge in [-0.05, 0) is 19.1 Å². The first-order valence-corrected chi connectivity index (χ1v) is 7.22. The van der Waals surface area contributed by atoms with Gasteiger partial charge in [-0.1, -0.05) is 12.8 Å². The Labute approximate surface area is 101 Å². The largest absolute Gasteiger partial charge is 0.340 e. The van der Waals surface area contributed by atoms with Crippen LogP contribution >= 0.6 is 11.8 Å². The highest BCUT2D eigenvalue weighted by Crippen LogP contribution is 2.41. The summed E-state index contributed by atoms with van der Waals surface area (Å²) in [6.07, 6.45) is 7.81. The molecular weight excluding hydrogens is 222 g/mol. The number of ketones is 1. The summed E-state index contributed by atoms with van der Waals surface area (Å²) in [5.74, 6) is 0.141. The summed E-state index contributed by atoms with van der Waals surface area (Å²) < 4.78 is 0.274. The van der Waals surface area contributed by atoms with Gasteiger partial charge in [-0.2, -0.15) is 11.8 Å². The molecule has 0 spiro atoms. The van der Waals surface area contributed by atoms with Crippen molar-refractivity contribution in [2.75, 3.05) is 19.3 Å². The highest BCUT2D eigenvalue weighted by atomic mass is 32.2. The molecule has 0 unspecified atom stereocenters. The lowest BCUT2D eigenvalue weighted by Crippen LogP contribution is -2.46. The Morgan fingerprint density at radius 3 is 2.56 bits per heavy atom. The van der Waals surface area contributed by atoms with Gasteiger partial charge in [0.25, 0.3) is 0 Å². The van der Waals surface area contributed by atoms with Gasteiger partial charge in [-0.15, -0.1) is 0 Å². The first kappa shape index (κ1) is 12.0. The molecule has 4 heteroatoms. The van der Waals surface area contributed by atoms with Crippen LogP contribution in [0, 0.1) is 0 Å². The molecule has 1 aliphatic carbocycles. The number of carbonyl (C=O) groups is 2. The summed E-state index contributed by atoms with van der Waals surface area (Å²) in [7, 11) is 0. The predicted molar refractivity (Wildman–Crippen MR) is 65.5 cm³/mol. The van der Waals surface area contributed by atoms with Crippen molar-refractivity contribution >= 4 is 23.5 Å². The Balaban J connectivity index is 1.98. The van der Waals surface area contributed by atoms with E-state index in [9.17, 15) is 9.59 Å². The van der Waals surface area contributed by atoms with Gasteiger partial charge in [0.05, 0.1) is 6.42 Å². The van der Waals surface area contributed by atoms with E-state index in [1.54, 1.807) is 0 Å². The first-order chi connectivity index (χ1) is 7.65. The minimum Gasteiger partial charge on any atom is -0.340 e. The standard InChI is InChI=1S/C12H19NO2S/c1-16-12(5-2-3-6-12)9-13-7-4-10(14)8-11(13)15/h2-9H2,1H3. The van der Waals surface area contributed by atoms with Gasteiger partial charge in [-0.25, -0.2) is 0 Å². The van der Waals surface area contributed by atoms with Crippen molar-refractivity contribution in [2.24, 2.45) is 0 Å². The van der Waals surface area contributed by atoms with E-state index in [0.29, 0.717) is 13.0 Å². The zero-order valence-electron chi connectivity index (χ0n) is 9.83. The number of nitrogens with zero attached hydrogens (tertiary/aromatic N) is 1. The number of carbonyl (C=O) groups excluding carboxylic acids is 2. The summed E-state index contributed by atoms with van der Waals surface area (Å²) in [6, 6.07) is 0. The quantitative estimate of drug-likeness (QED) is 0.708. The molecule has 16 heavy (non-hydrogen) atoms. The molecule has 2 aliphatic rings. The van der Waals surface area contributed by atoms with E-state index in [-0.39, 0.29) is 22.9 Å². The maximum Gasteiger partial charge on any atom is 0.230 e. The van der Waals surface area contributed by atoms with Gasteiger partial charge in [0.1, 0.15) is 5.78 Å². The zero-order valence-corrected chi connectivity index (χ0v) is 10.6. The Bertz CT molecular complexity index is 297. The van der Waals surface area contributed by atoms with Crippen molar-refractivity contribution in [1.29, 1.82) is 0 Å². The molecule has 1 saturated carbocycles. The minimum absolute atomic E-state index is 0.0385. The highest BCUT2D eigenvalue weighted by molar-refractivity contribution is 8.00. The average molecular weight is 241 g/mol. The Morgan fingerprint density at radius 1 is 1.31 bits per heavy atom. The molecule has 0 aromatic rings. The van der Waals surface area contributed by atoms with Crippen LogP contribution in [0.15, 0.2) is 0 Å². The van der Waals surface area contributed by atoms with Crippen LogP contribution in [0.2, 0.25) is 0 Å². The fourth-order valence-electron chi connectivity index (χ4n) is 2.71. The second kappa shape index (κ2) is 4.78. The molecular formula is C12H19NO2S. The molecule has 3 nitrogen and oxygen atoms in total. The number of hydrogen-bond donors (Lipinski definition) is 0. The van der Waals surface area contributed by atoms with E-state index in [1.807, 2.05) is 16.7 Å². The summed E-state index contributed by atoms with van der Waals surface area (Å²) in [4.78, 5) is 24.8. The van der Waals surface area contributed by atoms with Crippen LogP contribution in [0.1, 0.15) is 38.5 Å². The molecule has 1 aliphatic heterocycles. The van der Waals surface area contributed by atoms with Gasteiger partial charge in [-0.3, -0.25) is 9.59 Å². The molecule has 90 valence electrons. The molecule has 0 N–H and O–H groups in total. The lowest BCUT2D eigenvalue weighted by atomic mass is 10.0. The summed E-state index contributed by atoms with van der Waals surface area (Å²) in [5.41, 5.74) is 0. The van der Waals surface area contributed by atoms with Crippen LogP contribution in [0.5, 0.6) is 0 Å².